The van der Waals surface area contributed by atoms with Crippen LogP contribution in [-0.2, 0) is 35.5 Å². The molecule has 0 aliphatic heterocycles. The summed E-state index contributed by atoms with van der Waals surface area (Å²) in [5, 5.41) is 6.45. The lowest BCUT2D eigenvalue weighted by atomic mass is 9.97. The van der Waals surface area contributed by atoms with Crippen LogP contribution in [0, 0.1) is 0 Å². The van der Waals surface area contributed by atoms with E-state index in [1.165, 1.54) is 11.1 Å². The number of ketones is 1. The first-order valence-corrected chi connectivity index (χ1v) is 13.5. The van der Waals surface area contributed by atoms with Crippen LogP contribution in [0.5, 0.6) is 0 Å². The second kappa shape index (κ2) is 13.0. The summed E-state index contributed by atoms with van der Waals surface area (Å²) in [7, 11) is 0. The van der Waals surface area contributed by atoms with Crippen molar-refractivity contribution < 1.29 is 14.3 Å². The van der Waals surface area contributed by atoms with Crippen molar-refractivity contribution in [1.82, 2.24) is 10.6 Å². The van der Waals surface area contributed by atoms with Gasteiger partial charge in [0.15, 0.2) is 5.78 Å². The van der Waals surface area contributed by atoms with E-state index in [1.54, 1.807) is 0 Å². The summed E-state index contributed by atoms with van der Waals surface area (Å²) < 4.78 is 5.40. The Morgan fingerprint density at radius 1 is 0.718 bits per heavy atom. The maximum atomic E-state index is 13.3. The SMILES string of the molecule is O=C(N[C@@H](Cc1ccccc1)C(=O)Cc1ccc(C2CC2NCc2ccccc2)cc1)OCc1ccccc1. The van der Waals surface area contributed by atoms with Crippen molar-refractivity contribution in [3.63, 3.8) is 0 Å². The Labute approximate surface area is 230 Å². The molecule has 4 aromatic rings. The Morgan fingerprint density at radius 2 is 1.31 bits per heavy atom. The number of benzene rings is 4. The second-order valence-corrected chi connectivity index (χ2v) is 10.1. The molecule has 0 radical (unpaired) electrons. The molecule has 0 spiro atoms. The summed E-state index contributed by atoms with van der Waals surface area (Å²) in [6, 6.07) is 37.8. The third kappa shape index (κ3) is 7.88. The number of rotatable bonds is 12. The Bertz CT molecular complexity index is 1340. The van der Waals surface area contributed by atoms with Gasteiger partial charge < -0.3 is 15.4 Å². The van der Waals surface area contributed by atoms with E-state index in [9.17, 15) is 9.59 Å². The Balaban J connectivity index is 1.16. The number of carbonyl (C=O) groups is 2. The number of Topliss-reactive ketones (excluding diaryl/α,β-unsaturated/α-hetero) is 1. The molecule has 5 rings (SSSR count). The van der Waals surface area contributed by atoms with Gasteiger partial charge in [-0.15, -0.1) is 0 Å². The van der Waals surface area contributed by atoms with Gasteiger partial charge in [-0.1, -0.05) is 115 Å². The maximum Gasteiger partial charge on any atom is 0.408 e. The molecule has 1 saturated carbocycles. The number of alkyl carbamates (subject to hydrolysis) is 1. The van der Waals surface area contributed by atoms with Crippen LogP contribution in [0.4, 0.5) is 4.79 Å². The molecule has 0 aromatic heterocycles. The Hall–Kier alpha value is -4.22. The summed E-state index contributed by atoms with van der Waals surface area (Å²) in [4.78, 5) is 25.9. The van der Waals surface area contributed by atoms with Crippen LogP contribution in [0.25, 0.3) is 0 Å². The number of ether oxygens (including phenoxy) is 1. The van der Waals surface area contributed by atoms with E-state index in [0.29, 0.717) is 18.4 Å². The van der Waals surface area contributed by atoms with Crippen LogP contribution in [0.15, 0.2) is 115 Å². The summed E-state index contributed by atoms with van der Waals surface area (Å²) in [6.07, 6.45) is 1.19. The number of amides is 1. The van der Waals surface area contributed by atoms with Gasteiger partial charge in [-0.05, 0) is 40.7 Å². The first kappa shape index (κ1) is 26.4. The highest BCUT2D eigenvalue weighted by molar-refractivity contribution is 5.89. The average molecular weight is 519 g/mol. The van der Waals surface area contributed by atoms with Gasteiger partial charge in [0.25, 0.3) is 0 Å². The van der Waals surface area contributed by atoms with Gasteiger partial charge >= 0.3 is 6.09 Å². The van der Waals surface area contributed by atoms with E-state index in [0.717, 1.165) is 29.7 Å². The Kier molecular flexibility index (Phi) is 8.82. The summed E-state index contributed by atoms with van der Waals surface area (Å²) in [5.74, 6) is 0.461. The molecule has 0 saturated heterocycles. The molecule has 0 bridgehead atoms. The third-order valence-electron chi connectivity index (χ3n) is 7.16. The van der Waals surface area contributed by atoms with Crippen molar-refractivity contribution in [3.8, 4) is 0 Å². The van der Waals surface area contributed by atoms with E-state index >= 15 is 0 Å². The fraction of sp³-hybridized carbons (Fsp3) is 0.235. The monoisotopic (exact) mass is 518 g/mol. The molecular formula is C34H34N2O3. The van der Waals surface area contributed by atoms with Gasteiger partial charge in [-0.2, -0.15) is 0 Å². The highest BCUT2D eigenvalue weighted by Crippen LogP contribution is 2.41. The lowest BCUT2D eigenvalue weighted by molar-refractivity contribution is -0.120. The van der Waals surface area contributed by atoms with Crippen molar-refractivity contribution in [3.05, 3.63) is 143 Å². The normalized spacial score (nSPS) is 16.7. The zero-order chi connectivity index (χ0) is 26.9. The predicted molar refractivity (Wildman–Crippen MR) is 153 cm³/mol. The van der Waals surface area contributed by atoms with Crippen molar-refractivity contribution in [1.29, 1.82) is 0 Å². The highest BCUT2D eigenvalue weighted by Gasteiger charge is 2.37. The summed E-state index contributed by atoms with van der Waals surface area (Å²) >= 11 is 0. The van der Waals surface area contributed by atoms with Gasteiger partial charge in [0.1, 0.15) is 6.61 Å². The smallest absolute Gasteiger partial charge is 0.408 e. The molecule has 198 valence electrons. The van der Waals surface area contributed by atoms with Crippen molar-refractivity contribution in [2.75, 3.05) is 0 Å². The molecule has 2 unspecified atom stereocenters. The third-order valence-corrected chi connectivity index (χ3v) is 7.16. The number of hydrogen-bond acceptors (Lipinski definition) is 4. The van der Waals surface area contributed by atoms with E-state index in [1.807, 2.05) is 78.9 Å². The lowest BCUT2D eigenvalue weighted by Crippen LogP contribution is -2.43. The van der Waals surface area contributed by atoms with Crippen LogP contribution in [0.3, 0.4) is 0 Å². The fourth-order valence-corrected chi connectivity index (χ4v) is 4.84. The first-order chi connectivity index (χ1) is 19.1. The predicted octanol–water partition coefficient (Wildman–Crippen LogP) is 5.98. The van der Waals surface area contributed by atoms with E-state index in [-0.39, 0.29) is 18.8 Å². The Morgan fingerprint density at radius 3 is 1.95 bits per heavy atom. The molecule has 1 fully saturated rings. The zero-order valence-corrected chi connectivity index (χ0v) is 22.0. The maximum absolute atomic E-state index is 13.3. The molecule has 0 heterocycles. The van der Waals surface area contributed by atoms with Gasteiger partial charge in [-0.3, -0.25) is 4.79 Å². The van der Waals surface area contributed by atoms with E-state index in [2.05, 4.69) is 47.0 Å². The minimum atomic E-state index is -0.676. The quantitative estimate of drug-likeness (QED) is 0.242. The molecule has 2 N–H and O–H groups in total. The number of nitrogens with one attached hydrogen (secondary N) is 2. The van der Waals surface area contributed by atoms with E-state index < -0.39 is 12.1 Å². The molecule has 1 aliphatic rings. The van der Waals surface area contributed by atoms with Crippen LogP contribution in [-0.4, -0.2) is 24.0 Å². The molecule has 1 amide bonds. The van der Waals surface area contributed by atoms with Crippen molar-refractivity contribution in [2.45, 2.75) is 50.4 Å². The molecular weight excluding hydrogens is 484 g/mol. The van der Waals surface area contributed by atoms with Crippen LogP contribution in [0.1, 0.15) is 40.2 Å². The molecule has 4 aromatic carbocycles. The minimum Gasteiger partial charge on any atom is -0.445 e. The van der Waals surface area contributed by atoms with Gasteiger partial charge in [0.2, 0.25) is 0 Å². The number of carbonyl (C=O) groups excluding carboxylic acids is 2. The first-order valence-electron chi connectivity index (χ1n) is 13.5. The van der Waals surface area contributed by atoms with Gasteiger partial charge in [-0.25, -0.2) is 4.79 Å². The van der Waals surface area contributed by atoms with E-state index in [4.69, 9.17) is 4.74 Å². The van der Waals surface area contributed by atoms with Crippen molar-refractivity contribution >= 4 is 11.9 Å². The average Bonchev–Trinajstić information content (AvgIpc) is 3.76. The number of hydrogen-bond donors (Lipinski definition) is 2. The molecule has 5 heteroatoms. The van der Waals surface area contributed by atoms with Crippen LogP contribution >= 0.6 is 0 Å². The summed E-state index contributed by atoms with van der Waals surface area (Å²) in [5.41, 5.74) is 5.40. The standard InChI is InChI=1S/C34H34N2O3/c37-33(21-26-16-18-29(19-17-26)30-22-31(30)35-23-27-12-6-2-7-13-27)32(20-25-10-4-1-5-11-25)36-34(38)39-24-28-14-8-3-9-15-28/h1-19,30-32,35H,20-24H2,(H,36,38)/t30?,31?,32-/m0/s1. The fourth-order valence-electron chi connectivity index (χ4n) is 4.84. The highest BCUT2D eigenvalue weighted by atomic mass is 16.5. The molecule has 5 nitrogen and oxygen atoms in total. The van der Waals surface area contributed by atoms with Crippen LogP contribution in [0.2, 0.25) is 0 Å². The van der Waals surface area contributed by atoms with Gasteiger partial charge in [0.05, 0.1) is 6.04 Å². The molecule has 3 atom stereocenters. The minimum absolute atomic E-state index is 0.0444. The topological polar surface area (TPSA) is 67.4 Å². The largest absolute Gasteiger partial charge is 0.445 e. The van der Waals surface area contributed by atoms with Gasteiger partial charge in [0, 0.05) is 24.9 Å². The van der Waals surface area contributed by atoms with Crippen molar-refractivity contribution in [2.24, 2.45) is 0 Å². The lowest BCUT2D eigenvalue weighted by Gasteiger charge is -2.18. The summed E-state index contributed by atoms with van der Waals surface area (Å²) in [6.45, 7) is 1.03. The molecule has 1 aliphatic carbocycles. The molecule has 39 heavy (non-hydrogen) atoms. The second-order valence-electron chi connectivity index (χ2n) is 10.1. The van der Waals surface area contributed by atoms with Crippen LogP contribution < -0.4 is 10.6 Å². The zero-order valence-electron chi connectivity index (χ0n) is 22.0.